The maximum absolute atomic E-state index is 12.1. The fraction of sp³-hybridized carbons (Fsp3) is 0.350. The van der Waals surface area contributed by atoms with Gasteiger partial charge in [0.15, 0.2) is 0 Å². The third kappa shape index (κ3) is 3.69. The lowest BCUT2D eigenvalue weighted by Gasteiger charge is -2.33. The van der Waals surface area contributed by atoms with Crippen molar-refractivity contribution in [1.82, 2.24) is 25.2 Å². The highest BCUT2D eigenvalue weighted by Gasteiger charge is 2.26. The Labute approximate surface area is 172 Å². The highest BCUT2D eigenvalue weighted by molar-refractivity contribution is 5.97. The highest BCUT2D eigenvalue weighted by Crippen LogP contribution is 2.34. The van der Waals surface area contributed by atoms with E-state index in [1.807, 2.05) is 12.1 Å². The van der Waals surface area contributed by atoms with Gasteiger partial charge in [-0.05, 0) is 18.9 Å². The molecule has 10 heteroatoms. The summed E-state index contributed by atoms with van der Waals surface area (Å²) in [6.45, 7) is 1.15. The van der Waals surface area contributed by atoms with Crippen LogP contribution in [0.4, 0.5) is 5.69 Å². The van der Waals surface area contributed by atoms with Crippen LogP contribution in [-0.2, 0) is 4.79 Å². The molecule has 0 aromatic carbocycles. The van der Waals surface area contributed by atoms with E-state index in [0.717, 1.165) is 23.9 Å². The molecular formula is C20H21N7O3. The number of aromatic nitrogens is 3. The van der Waals surface area contributed by atoms with Gasteiger partial charge in [0.1, 0.15) is 12.1 Å². The van der Waals surface area contributed by atoms with E-state index in [1.54, 1.807) is 17.3 Å². The number of fused-ring (bicyclic) bond motifs is 1. The predicted octanol–water partition coefficient (Wildman–Crippen LogP) is 1.89. The molecule has 154 valence electrons. The number of aromatic amines is 1. The third-order valence-electron chi connectivity index (χ3n) is 5.13. The Morgan fingerprint density at radius 2 is 2.27 bits per heavy atom. The molecule has 2 amide bonds. The number of piperidine rings is 1. The SMILES string of the molecule is CNC(=O)c1cnc(-c2cnc3[nH]ccc3c2NC2CCCN(C(=O)CC#N)C2)o1. The first-order valence-corrected chi connectivity index (χ1v) is 9.66. The number of nitrogens with one attached hydrogen (secondary N) is 3. The second kappa shape index (κ2) is 8.24. The molecule has 4 rings (SSSR count). The highest BCUT2D eigenvalue weighted by atomic mass is 16.4. The third-order valence-corrected chi connectivity index (χ3v) is 5.13. The number of pyridine rings is 1. The van der Waals surface area contributed by atoms with E-state index in [4.69, 9.17) is 9.68 Å². The van der Waals surface area contributed by atoms with Crippen molar-refractivity contribution >= 4 is 28.5 Å². The summed E-state index contributed by atoms with van der Waals surface area (Å²) in [7, 11) is 1.52. The Bertz CT molecular complexity index is 1130. The van der Waals surface area contributed by atoms with Crippen LogP contribution in [0, 0.1) is 11.3 Å². The first-order valence-electron chi connectivity index (χ1n) is 9.66. The smallest absolute Gasteiger partial charge is 0.288 e. The second-order valence-corrected chi connectivity index (χ2v) is 7.05. The number of anilines is 1. The molecule has 1 atom stereocenters. The summed E-state index contributed by atoms with van der Waals surface area (Å²) in [6.07, 6.45) is 6.41. The molecule has 0 bridgehead atoms. The Morgan fingerprint density at radius 1 is 1.40 bits per heavy atom. The van der Waals surface area contributed by atoms with Crippen LogP contribution in [0.3, 0.4) is 0 Å². The fourth-order valence-electron chi connectivity index (χ4n) is 3.66. The topological polar surface area (TPSA) is 140 Å². The van der Waals surface area contributed by atoms with E-state index in [1.165, 1.54) is 13.2 Å². The number of nitrogens with zero attached hydrogens (tertiary/aromatic N) is 4. The number of amides is 2. The van der Waals surface area contributed by atoms with E-state index in [9.17, 15) is 9.59 Å². The van der Waals surface area contributed by atoms with Gasteiger partial charge in [-0.3, -0.25) is 9.59 Å². The van der Waals surface area contributed by atoms with Crippen molar-refractivity contribution in [2.75, 3.05) is 25.5 Å². The van der Waals surface area contributed by atoms with Crippen molar-refractivity contribution in [2.45, 2.75) is 25.3 Å². The molecule has 0 radical (unpaired) electrons. The summed E-state index contributed by atoms with van der Waals surface area (Å²) in [5.41, 5.74) is 2.09. The Balaban J connectivity index is 1.66. The summed E-state index contributed by atoms with van der Waals surface area (Å²) in [6, 6.07) is 3.81. The molecule has 1 fully saturated rings. The van der Waals surface area contributed by atoms with Gasteiger partial charge in [-0.25, -0.2) is 9.97 Å². The van der Waals surface area contributed by atoms with Crippen LogP contribution >= 0.6 is 0 Å². The van der Waals surface area contributed by atoms with Gasteiger partial charge in [-0.2, -0.15) is 5.26 Å². The largest absolute Gasteiger partial charge is 0.431 e. The minimum atomic E-state index is -0.363. The predicted molar refractivity (Wildman–Crippen MR) is 108 cm³/mol. The molecule has 3 aromatic rings. The van der Waals surface area contributed by atoms with Gasteiger partial charge in [0.25, 0.3) is 5.91 Å². The quantitative estimate of drug-likeness (QED) is 0.587. The molecule has 4 heterocycles. The minimum Gasteiger partial charge on any atom is -0.431 e. The van der Waals surface area contributed by atoms with Gasteiger partial charge in [0.05, 0.1) is 23.5 Å². The standard InChI is InChI=1S/C20H21N7O3/c1-22-19(29)15-10-25-20(30-15)14-9-24-18-13(5-7-23-18)17(14)26-12-3-2-8-27(11-12)16(28)4-6-21/h5,7,9-10,12H,2-4,8,11H2,1H3,(H,22,29)(H2,23,24,26). The van der Waals surface area contributed by atoms with Crippen LogP contribution in [0.15, 0.2) is 29.1 Å². The van der Waals surface area contributed by atoms with Crippen molar-refractivity contribution in [3.63, 3.8) is 0 Å². The zero-order chi connectivity index (χ0) is 21.1. The molecule has 1 saturated heterocycles. The monoisotopic (exact) mass is 407 g/mol. The van der Waals surface area contributed by atoms with Crippen LogP contribution in [0.25, 0.3) is 22.5 Å². The lowest BCUT2D eigenvalue weighted by Crippen LogP contribution is -2.45. The van der Waals surface area contributed by atoms with Crippen LogP contribution in [0.1, 0.15) is 29.8 Å². The number of hydrogen-bond acceptors (Lipinski definition) is 7. The van der Waals surface area contributed by atoms with Gasteiger partial charge >= 0.3 is 0 Å². The number of likely N-dealkylation sites (tertiary alicyclic amines) is 1. The van der Waals surface area contributed by atoms with Crippen molar-refractivity contribution in [3.8, 4) is 17.5 Å². The zero-order valence-electron chi connectivity index (χ0n) is 16.4. The Hall–Kier alpha value is -3.87. The van der Waals surface area contributed by atoms with E-state index >= 15 is 0 Å². The molecule has 3 N–H and O–H groups in total. The molecule has 0 spiro atoms. The lowest BCUT2D eigenvalue weighted by atomic mass is 10.0. The Morgan fingerprint density at radius 3 is 3.07 bits per heavy atom. The van der Waals surface area contributed by atoms with E-state index in [-0.39, 0.29) is 35.9 Å². The van der Waals surface area contributed by atoms with Crippen LogP contribution in [0.5, 0.6) is 0 Å². The summed E-state index contributed by atoms with van der Waals surface area (Å²) < 4.78 is 5.66. The van der Waals surface area contributed by atoms with Gasteiger partial charge in [-0.1, -0.05) is 0 Å². The van der Waals surface area contributed by atoms with Gasteiger partial charge < -0.3 is 24.9 Å². The van der Waals surface area contributed by atoms with Gasteiger partial charge in [0.2, 0.25) is 17.6 Å². The summed E-state index contributed by atoms with van der Waals surface area (Å²) >= 11 is 0. The van der Waals surface area contributed by atoms with Crippen LogP contribution in [-0.4, -0.2) is 57.8 Å². The summed E-state index contributed by atoms with van der Waals surface area (Å²) in [5.74, 6) is -0.134. The zero-order valence-corrected chi connectivity index (χ0v) is 16.4. The van der Waals surface area contributed by atoms with Crippen molar-refractivity contribution in [1.29, 1.82) is 5.26 Å². The molecule has 3 aromatic heterocycles. The number of carbonyl (C=O) groups is 2. The molecule has 30 heavy (non-hydrogen) atoms. The number of nitriles is 1. The molecule has 1 unspecified atom stereocenters. The fourth-order valence-corrected chi connectivity index (χ4v) is 3.66. The first-order chi connectivity index (χ1) is 14.6. The Kier molecular flexibility index (Phi) is 5.34. The summed E-state index contributed by atoms with van der Waals surface area (Å²) in [5, 5.41) is 15.7. The number of rotatable bonds is 5. The average Bonchev–Trinajstić information content (AvgIpc) is 3.44. The first kappa shape index (κ1) is 19.4. The maximum Gasteiger partial charge on any atom is 0.288 e. The summed E-state index contributed by atoms with van der Waals surface area (Å²) in [4.78, 5) is 37.5. The molecule has 1 aliphatic rings. The number of H-pyrrole nitrogens is 1. The minimum absolute atomic E-state index is 0.00554. The second-order valence-electron chi connectivity index (χ2n) is 7.05. The lowest BCUT2D eigenvalue weighted by molar-refractivity contribution is -0.131. The van der Waals surface area contributed by atoms with Crippen molar-refractivity contribution in [3.05, 3.63) is 30.4 Å². The van der Waals surface area contributed by atoms with E-state index in [2.05, 4.69) is 25.6 Å². The number of oxazole rings is 1. The van der Waals surface area contributed by atoms with Crippen molar-refractivity contribution < 1.29 is 14.0 Å². The van der Waals surface area contributed by atoms with E-state index < -0.39 is 0 Å². The maximum atomic E-state index is 12.1. The molecule has 0 aliphatic carbocycles. The molecule has 10 nitrogen and oxygen atoms in total. The van der Waals surface area contributed by atoms with E-state index in [0.29, 0.717) is 24.3 Å². The molecule has 0 saturated carbocycles. The average molecular weight is 407 g/mol. The van der Waals surface area contributed by atoms with Crippen molar-refractivity contribution in [2.24, 2.45) is 0 Å². The van der Waals surface area contributed by atoms with Gasteiger partial charge in [0, 0.05) is 44.0 Å². The molecule has 1 aliphatic heterocycles. The number of hydrogen-bond donors (Lipinski definition) is 3. The van der Waals surface area contributed by atoms with Crippen LogP contribution < -0.4 is 10.6 Å². The van der Waals surface area contributed by atoms with Crippen LogP contribution in [0.2, 0.25) is 0 Å². The molecular weight excluding hydrogens is 386 g/mol. The van der Waals surface area contributed by atoms with Gasteiger partial charge in [-0.15, -0.1) is 0 Å². The number of carbonyl (C=O) groups excluding carboxylic acids is 2. The normalized spacial score (nSPS) is 16.3.